The second-order valence-electron chi connectivity index (χ2n) is 6.71. The van der Waals surface area contributed by atoms with Gasteiger partial charge in [0.2, 0.25) is 0 Å². The smallest absolute Gasteiger partial charge is 0.274 e. The van der Waals surface area contributed by atoms with Crippen molar-refractivity contribution >= 4 is 33.1 Å². The first-order valence-electron chi connectivity index (χ1n) is 9.15. The van der Waals surface area contributed by atoms with E-state index in [0.717, 1.165) is 0 Å². The summed E-state index contributed by atoms with van der Waals surface area (Å²) in [4.78, 5) is 20.8. The van der Waals surface area contributed by atoms with Crippen LogP contribution in [-0.4, -0.2) is 35.1 Å². The fourth-order valence-corrected chi connectivity index (χ4v) is 4.59. The Labute approximate surface area is 182 Å². The van der Waals surface area contributed by atoms with Crippen molar-refractivity contribution in [3.8, 4) is 5.75 Å². The number of methoxy groups -OCH3 is 1. The van der Waals surface area contributed by atoms with E-state index < -0.39 is 10.0 Å². The van der Waals surface area contributed by atoms with Gasteiger partial charge >= 0.3 is 0 Å². The molecule has 2 aromatic heterocycles. The Hall–Kier alpha value is -3.37. The Bertz CT molecular complexity index is 1400. The number of sulfonamides is 1. The highest BCUT2D eigenvalue weighted by Crippen LogP contribution is 2.28. The van der Waals surface area contributed by atoms with Gasteiger partial charge in [-0.15, -0.1) is 0 Å². The number of nitrogens with zero attached hydrogens (tertiary/aromatic N) is 4. The topological polar surface area (TPSA) is 110 Å². The van der Waals surface area contributed by atoms with Gasteiger partial charge in [0, 0.05) is 16.8 Å². The van der Waals surface area contributed by atoms with Crippen LogP contribution in [-0.2, 0) is 16.6 Å². The van der Waals surface area contributed by atoms with Gasteiger partial charge in [-0.1, -0.05) is 11.6 Å². The number of fused-ring (bicyclic) bond motifs is 1. The van der Waals surface area contributed by atoms with Crippen molar-refractivity contribution in [1.82, 2.24) is 19.6 Å². The molecule has 0 bridgehead atoms. The molecular weight excluding hydrogens is 442 g/mol. The second kappa shape index (κ2) is 8.05. The SMILES string of the molecule is COc1ccc(N(Cc2nc3nc(C)cc(=O)n3[nH]2)S(=O)(=O)c2ccc(Cl)cc2)cc1. The monoisotopic (exact) mass is 459 g/mol. The first-order chi connectivity index (χ1) is 14.8. The minimum atomic E-state index is -3.98. The summed E-state index contributed by atoms with van der Waals surface area (Å²) in [6, 6.07) is 13.8. The van der Waals surface area contributed by atoms with Crippen molar-refractivity contribution in [2.24, 2.45) is 0 Å². The van der Waals surface area contributed by atoms with Crippen molar-refractivity contribution in [2.75, 3.05) is 11.4 Å². The van der Waals surface area contributed by atoms with Gasteiger partial charge in [0.1, 0.15) is 11.6 Å². The summed E-state index contributed by atoms with van der Waals surface area (Å²) in [7, 11) is -2.45. The van der Waals surface area contributed by atoms with Crippen LogP contribution in [0.4, 0.5) is 5.69 Å². The molecule has 0 radical (unpaired) electrons. The highest BCUT2D eigenvalue weighted by molar-refractivity contribution is 7.92. The molecule has 0 amide bonds. The zero-order valence-corrected chi connectivity index (χ0v) is 18.2. The Kier molecular flexibility index (Phi) is 5.42. The van der Waals surface area contributed by atoms with Crippen LogP contribution in [0, 0.1) is 6.92 Å². The van der Waals surface area contributed by atoms with E-state index >= 15 is 0 Å². The Morgan fingerprint density at radius 2 is 1.77 bits per heavy atom. The maximum atomic E-state index is 13.5. The third kappa shape index (κ3) is 4.12. The van der Waals surface area contributed by atoms with E-state index in [9.17, 15) is 13.2 Å². The lowest BCUT2D eigenvalue weighted by atomic mass is 10.3. The number of aromatic nitrogens is 4. The van der Waals surface area contributed by atoms with Crippen LogP contribution in [0.3, 0.4) is 0 Å². The van der Waals surface area contributed by atoms with Crippen LogP contribution in [0.2, 0.25) is 5.02 Å². The highest BCUT2D eigenvalue weighted by atomic mass is 35.5. The molecule has 0 saturated carbocycles. The summed E-state index contributed by atoms with van der Waals surface area (Å²) in [6.45, 7) is 1.53. The molecule has 160 valence electrons. The van der Waals surface area contributed by atoms with Gasteiger partial charge in [0.05, 0.1) is 24.2 Å². The van der Waals surface area contributed by atoms with Crippen molar-refractivity contribution in [3.05, 3.63) is 81.5 Å². The van der Waals surface area contributed by atoms with Crippen molar-refractivity contribution in [2.45, 2.75) is 18.4 Å². The lowest BCUT2D eigenvalue weighted by Crippen LogP contribution is -2.31. The molecule has 0 saturated heterocycles. The number of aromatic amines is 1. The lowest BCUT2D eigenvalue weighted by Gasteiger charge is -2.23. The molecule has 1 N–H and O–H groups in total. The summed E-state index contributed by atoms with van der Waals surface area (Å²) >= 11 is 5.92. The summed E-state index contributed by atoms with van der Waals surface area (Å²) < 4.78 is 34.5. The second-order valence-corrected chi connectivity index (χ2v) is 9.00. The molecule has 4 aromatic rings. The predicted octanol–water partition coefficient (Wildman–Crippen LogP) is 2.78. The molecule has 0 atom stereocenters. The van der Waals surface area contributed by atoms with E-state index in [1.807, 2.05) is 0 Å². The number of rotatable bonds is 6. The number of aryl methyl sites for hydroxylation is 1. The van der Waals surface area contributed by atoms with Crippen LogP contribution in [0.15, 0.2) is 64.3 Å². The minimum absolute atomic E-state index is 0.0648. The average molecular weight is 460 g/mol. The molecular formula is C20H18ClN5O4S. The molecule has 0 aliphatic carbocycles. The first kappa shape index (κ1) is 20.9. The van der Waals surface area contributed by atoms with Gasteiger partial charge in [-0.3, -0.25) is 14.2 Å². The Balaban J connectivity index is 1.81. The Morgan fingerprint density at radius 1 is 1.10 bits per heavy atom. The normalized spacial score (nSPS) is 11.6. The van der Waals surface area contributed by atoms with Gasteiger partial charge in [0.15, 0.2) is 0 Å². The van der Waals surface area contributed by atoms with E-state index in [0.29, 0.717) is 22.2 Å². The minimum Gasteiger partial charge on any atom is -0.497 e. The molecule has 0 fully saturated rings. The summed E-state index contributed by atoms with van der Waals surface area (Å²) in [5.41, 5.74) is 0.578. The van der Waals surface area contributed by atoms with Crippen LogP contribution < -0.4 is 14.6 Å². The van der Waals surface area contributed by atoms with Gasteiger partial charge in [-0.25, -0.2) is 13.4 Å². The molecule has 31 heavy (non-hydrogen) atoms. The zero-order chi connectivity index (χ0) is 22.2. The molecule has 0 aliphatic heterocycles. The number of hydrogen-bond acceptors (Lipinski definition) is 6. The maximum absolute atomic E-state index is 13.5. The fraction of sp³-hybridized carbons (Fsp3) is 0.150. The van der Waals surface area contributed by atoms with Crippen LogP contribution >= 0.6 is 11.6 Å². The average Bonchev–Trinajstić information content (AvgIpc) is 3.15. The third-order valence-corrected chi connectivity index (χ3v) is 6.60. The molecule has 2 heterocycles. The molecule has 9 nitrogen and oxygen atoms in total. The van der Waals surface area contributed by atoms with E-state index in [-0.39, 0.29) is 28.6 Å². The Morgan fingerprint density at radius 3 is 2.42 bits per heavy atom. The third-order valence-electron chi connectivity index (χ3n) is 4.56. The van der Waals surface area contributed by atoms with Gasteiger partial charge in [-0.2, -0.15) is 9.50 Å². The number of H-pyrrole nitrogens is 1. The summed E-state index contributed by atoms with van der Waals surface area (Å²) in [5, 5.41) is 3.25. The maximum Gasteiger partial charge on any atom is 0.274 e. The fourth-order valence-electron chi connectivity index (χ4n) is 3.04. The van der Waals surface area contributed by atoms with E-state index in [1.165, 1.54) is 46.3 Å². The van der Waals surface area contributed by atoms with Crippen molar-refractivity contribution in [3.63, 3.8) is 0 Å². The first-order valence-corrected chi connectivity index (χ1v) is 11.0. The van der Waals surface area contributed by atoms with Gasteiger partial charge in [-0.05, 0) is 55.5 Å². The molecule has 0 aliphatic rings. The number of hydrogen-bond donors (Lipinski definition) is 1. The predicted molar refractivity (Wildman–Crippen MR) is 116 cm³/mol. The molecule has 11 heteroatoms. The quantitative estimate of drug-likeness (QED) is 0.474. The van der Waals surface area contributed by atoms with Crippen LogP contribution in [0.25, 0.3) is 5.78 Å². The molecule has 0 unspecified atom stereocenters. The molecule has 4 rings (SSSR count). The number of halogens is 1. The standard InChI is InChI=1S/C20H18ClN5O4S/c1-13-11-19(27)26-20(22-13)23-18(24-26)12-25(15-5-7-16(30-2)8-6-15)31(28,29)17-9-3-14(21)4-10-17/h3-11H,12H2,1-2H3,(H,22,23,24). The van der Waals surface area contributed by atoms with E-state index in [4.69, 9.17) is 16.3 Å². The van der Waals surface area contributed by atoms with Crippen LogP contribution in [0.1, 0.15) is 11.5 Å². The van der Waals surface area contributed by atoms with Crippen molar-refractivity contribution in [1.29, 1.82) is 0 Å². The van der Waals surface area contributed by atoms with Gasteiger partial charge < -0.3 is 4.74 Å². The summed E-state index contributed by atoms with van der Waals surface area (Å²) in [6.07, 6.45) is 0. The summed E-state index contributed by atoms with van der Waals surface area (Å²) in [5.74, 6) is 1.00. The largest absolute Gasteiger partial charge is 0.497 e. The number of benzene rings is 2. The lowest BCUT2D eigenvalue weighted by molar-refractivity contribution is 0.415. The zero-order valence-electron chi connectivity index (χ0n) is 16.6. The van der Waals surface area contributed by atoms with Crippen molar-refractivity contribution < 1.29 is 13.2 Å². The highest BCUT2D eigenvalue weighted by Gasteiger charge is 2.26. The number of nitrogens with one attached hydrogen (secondary N) is 1. The molecule has 2 aromatic carbocycles. The molecule has 0 spiro atoms. The number of anilines is 1. The van der Waals surface area contributed by atoms with E-state index in [2.05, 4.69) is 15.1 Å². The van der Waals surface area contributed by atoms with Gasteiger partial charge in [0.25, 0.3) is 21.4 Å². The van der Waals surface area contributed by atoms with Crippen LogP contribution in [0.5, 0.6) is 5.75 Å². The van der Waals surface area contributed by atoms with E-state index in [1.54, 1.807) is 31.2 Å². The number of ether oxygens (including phenoxy) is 1.